The molecule has 1 aromatic rings. The normalized spacial score (nSPS) is 10.1. The zero-order chi connectivity index (χ0) is 11.1. The summed E-state index contributed by atoms with van der Waals surface area (Å²) in [7, 11) is 3.31. The van der Waals surface area contributed by atoms with E-state index in [1.807, 2.05) is 18.2 Å². The van der Waals surface area contributed by atoms with Gasteiger partial charge in [-0.1, -0.05) is 0 Å². The lowest BCUT2D eigenvalue weighted by atomic mass is 10.2. The number of halogens is 1. The first-order valence-electron chi connectivity index (χ1n) is 4.79. The van der Waals surface area contributed by atoms with Gasteiger partial charge in [-0.25, -0.2) is 0 Å². The van der Waals surface area contributed by atoms with Gasteiger partial charge in [0.2, 0.25) is 0 Å². The predicted octanol–water partition coefficient (Wildman–Crippen LogP) is 2.03. The first-order valence-corrected chi connectivity index (χ1v) is 5.33. The van der Waals surface area contributed by atoms with Crippen LogP contribution in [0.5, 0.6) is 11.5 Å². The Labute approximate surface area is 95.3 Å². The molecule has 1 N–H and O–H groups in total. The van der Waals surface area contributed by atoms with Crippen LogP contribution in [0.25, 0.3) is 0 Å². The van der Waals surface area contributed by atoms with Crippen LogP contribution in [-0.2, 0) is 6.54 Å². The summed E-state index contributed by atoms with van der Waals surface area (Å²) in [5.41, 5.74) is 1.07. The topological polar surface area (TPSA) is 30.5 Å². The Morgan fingerprint density at radius 1 is 1.27 bits per heavy atom. The maximum atomic E-state index is 5.58. The summed E-state index contributed by atoms with van der Waals surface area (Å²) in [4.78, 5) is 0. The summed E-state index contributed by atoms with van der Waals surface area (Å²) in [5, 5.41) is 3.21. The highest BCUT2D eigenvalue weighted by atomic mass is 35.5. The van der Waals surface area contributed by atoms with Crippen LogP contribution in [0, 0.1) is 0 Å². The van der Waals surface area contributed by atoms with Gasteiger partial charge in [-0.15, -0.1) is 11.6 Å². The molecule has 0 bridgehead atoms. The summed E-state index contributed by atoms with van der Waals surface area (Å²) in [6, 6.07) is 5.74. The van der Waals surface area contributed by atoms with Crippen LogP contribution >= 0.6 is 11.6 Å². The lowest BCUT2D eigenvalue weighted by molar-refractivity contribution is 0.397. The van der Waals surface area contributed by atoms with E-state index in [0.717, 1.165) is 30.2 Å². The second-order valence-corrected chi connectivity index (χ2v) is 3.42. The zero-order valence-corrected chi connectivity index (χ0v) is 9.80. The van der Waals surface area contributed by atoms with Gasteiger partial charge in [0.15, 0.2) is 0 Å². The van der Waals surface area contributed by atoms with Crippen LogP contribution in [0.2, 0.25) is 0 Å². The molecule has 0 atom stereocenters. The SMILES string of the molecule is COc1ccc(OC)c(CNCCCl)c1. The molecule has 0 fully saturated rings. The Morgan fingerprint density at radius 3 is 2.67 bits per heavy atom. The monoisotopic (exact) mass is 229 g/mol. The number of alkyl halides is 1. The predicted molar refractivity (Wildman–Crippen MR) is 62.0 cm³/mol. The van der Waals surface area contributed by atoms with E-state index >= 15 is 0 Å². The van der Waals surface area contributed by atoms with E-state index in [1.165, 1.54) is 0 Å². The van der Waals surface area contributed by atoms with Crippen molar-refractivity contribution in [2.45, 2.75) is 6.54 Å². The minimum absolute atomic E-state index is 0.603. The molecule has 0 unspecified atom stereocenters. The zero-order valence-electron chi connectivity index (χ0n) is 9.05. The quantitative estimate of drug-likeness (QED) is 0.598. The van der Waals surface area contributed by atoms with Crippen LogP contribution in [-0.4, -0.2) is 26.6 Å². The highest BCUT2D eigenvalue weighted by Crippen LogP contribution is 2.23. The molecule has 0 aromatic heterocycles. The Bertz CT molecular complexity index is 305. The second kappa shape index (κ2) is 6.53. The van der Waals surface area contributed by atoms with Crippen LogP contribution in [0.15, 0.2) is 18.2 Å². The summed E-state index contributed by atoms with van der Waals surface area (Å²) in [6.45, 7) is 1.51. The fourth-order valence-corrected chi connectivity index (χ4v) is 1.44. The Kier molecular flexibility index (Phi) is 5.29. The molecule has 0 aliphatic carbocycles. The van der Waals surface area contributed by atoms with E-state index < -0.39 is 0 Å². The largest absolute Gasteiger partial charge is 0.497 e. The van der Waals surface area contributed by atoms with Gasteiger partial charge in [-0.3, -0.25) is 0 Å². The molecule has 0 radical (unpaired) electrons. The number of hydrogen-bond acceptors (Lipinski definition) is 3. The van der Waals surface area contributed by atoms with Crippen molar-refractivity contribution in [3.8, 4) is 11.5 Å². The third-order valence-corrected chi connectivity index (χ3v) is 2.26. The van der Waals surface area contributed by atoms with Crippen molar-refractivity contribution < 1.29 is 9.47 Å². The van der Waals surface area contributed by atoms with E-state index in [1.54, 1.807) is 14.2 Å². The van der Waals surface area contributed by atoms with Gasteiger partial charge in [0.1, 0.15) is 11.5 Å². The molecule has 15 heavy (non-hydrogen) atoms. The third kappa shape index (κ3) is 3.61. The highest BCUT2D eigenvalue weighted by molar-refractivity contribution is 6.18. The lowest BCUT2D eigenvalue weighted by Crippen LogP contribution is -2.16. The third-order valence-electron chi connectivity index (χ3n) is 2.07. The first kappa shape index (κ1) is 12.1. The fraction of sp³-hybridized carbons (Fsp3) is 0.455. The molecule has 0 saturated carbocycles. The summed E-state index contributed by atoms with van der Waals surface area (Å²) < 4.78 is 10.4. The van der Waals surface area contributed by atoms with Gasteiger partial charge in [0, 0.05) is 24.5 Å². The van der Waals surface area contributed by atoms with Gasteiger partial charge < -0.3 is 14.8 Å². The summed E-state index contributed by atoms with van der Waals surface area (Å²) in [5.74, 6) is 2.29. The number of methoxy groups -OCH3 is 2. The average molecular weight is 230 g/mol. The number of rotatable bonds is 6. The van der Waals surface area contributed by atoms with Crippen molar-refractivity contribution in [3.05, 3.63) is 23.8 Å². The number of ether oxygens (including phenoxy) is 2. The van der Waals surface area contributed by atoms with Crippen LogP contribution < -0.4 is 14.8 Å². The number of hydrogen-bond donors (Lipinski definition) is 1. The van der Waals surface area contributed by atoms with Crippen LogP contribution in [0.3, 0.4) is 0 Å². The number of benzene rings is 1. The van der Waals surface area contributed by atoms with Gasteiger partial charge >= 0.3 is 0 Å². The molecular weight excluding hydrogens is 214 g/mol. The van der Waals surface area contributed by atoms with Crippen molar-refractivity contribution in [1.82, 2.24) is 5.32 Å². The van der Waals surface area contributed by atoms with Crippen LogP contribution in [0.4, 0.5) is 0 Å². The maximum absolute atomic E-state index is 5.58. The fourth-order valence-electron chi connectivity index (χ4n) is 1.31. The van der Waals surface area contributed by atoms with Crippen molar-refractivity contribution in [1.29, 1.82) is 0 Å². The van der Waals surface area contributed by atoms with Gasteiger partial charge in [0.05, 0.1) is 14.2 Å². The van der Waals surface area contributed by atoms with Gasteiger partial charge in [-0.2, -0.15) is 0 Å². The molecule has 3 nitrogen and oxygen atoms in total. The minimum atomic E-state index is 0.603. The number of nitrogens with one attached hydrogen (secondary N) is 1. The Morgan fingerprint density at radius 2 is 2.07 bits per heavy atom. The van der Waals surface area contributed by atoms with Crippen molar-refractivity contribution >= 4 is 11.6 Å². The standard InChI is InChI=1S/C11H16ClNO2/c1-14-10-3-4-11(15-2)9(7-10)8-13-6-5-12/h3-4,7,13H,5-6,8H2,1-2H3. The second-order valence-electron chi connectivity index (χ2n) is 3.04. The average Bonchev–Trinajstić information content (AvgIpc) is 2.29. The molecule has 0 aliphatic rings. The van der Waals surface area contributed by atoms with Crippen molar-refractivity contribution in [2.24, 2.45) is 0 Å². The van der Waals surface area contributed by atoms with Crippen molar-refractivity contribution in [3.63, 3.8) is 0 Å². The Balaban J connectivity index is 2.72. The molecular formula is C11H16ClNO2. The molecule has 0 spiro atoms. The van der Waals surface area contributed by atoms with E-state index in [2.05, 4.69) is 5.32 Å². The molecule has 84 valence electrons. The lowest BCUT2D eigenvalue weighted by Gasteiger charge is -2.10. The van der Waals surface area contributed by atoms with Gasteiger partial charge in [0.25, 0.3) is 0 Å². The molecule has 1 aromatic carbocycles. The summed E-state index contributed by atoms with van der Waals surface area (Å²) in [6.07, 6.45) is 0. The van der Waals surface area contributed by atoms with E-state index in [9.17, 15) is 0 Å². The minimum Gasteiger partial charge on any atom is -0.497 e. The molecule has 0 amide bonds. The smallest absolute Gasteiger partial charge is 0.123 e. The van der Waals surface area contributed by atoms with E-state index in [-0.39, 0.29) is 0 Å². The highest BCUT2D eigenvalue weighted by Gasteiger charge is 2.03. The van der Waals surface area contributed by atoms with E-state index in [4.69, 9.17) is 21.1 Å². The molecule has 0 saturated heterocycles. The molecule has 0 heterocycles. The molecule has 0 aliphatic heterocycles. The first-order chi connectivity index (χ1) is 7.31. The molecule has 4 heteroatoms. The Hall–Kier alpha value is -0.930. The van der Waals surface area contributed by atoms with Crippen molar-refractivity contribution in [2.75, 3.05) is 26.6 Å². The van der Waals surface area contributed by atoms with E-state index in [0.29, 0.717) is 5.88 Å². The molecule has 1 rings (SSSR count). The van der Waals surface area contributed by atoms with Crippen LogP contribution in [0.1, 0.15) is 5.56 Å². The summed E-state index contributed by atoms with van der Waals surface area (Å²) >= 11 is 5.58. The maximum Gasteiger partial charge on any atom is 0.123 e. The van der Waals surface area contributed by atoms with Gasteiger partial charge in [-0.05, 0) is 18.2 Å².